The minimum atomic E-state index is 0.182. The molecule has 0 aromatic carbocycles. The highest BCUT2D eigenvalue weighted by molar-refractivity contribution is 5.97. The highest BCUT2D eigenvalue weighted by Crippen LogP contribution is 2.32. The lowest BCUT2D eigenvalue weighted by Gasteiger charge is -2.37. The summed E-state index contributed by atoms with van der Waals surface area (Å²) in [5, 5.41) is 8.46. The minimum absolute atomic E-state index is 0.182. The number of fused-ring (bicyclic) bond motifs is 2. The number of imidazole rings is 1. The molecule has 4 N–H and O–H groups in total. The smallest absolute Gasteiger partial charge is 0.159 e. The van der Waals surface area contributed by atoms with Crippen molar-refractivity contribution in [3.63, 3.8) is 0 Å². The number of H-pyrrole nitrogens is 2. The van der Waals surface area contributed by atoms with Gasteiger partial charge in [0.2, 0.25) is 0 Å². The molecule has 11 nitrogen and oxygen atoms in total. The van der Waals surface area contributed by atoms with Gasteiger partial charge in [-0.1, -0.05) is 0 Å². The first-order chi connectivity index (χ1) is 17.2. The lowest BCUT2D eigenvalue weighted by atomic mass is 10.1. The highest BCUT2D eigenvalue weighted by atomic mass is 15.3. The fraction of sp³-hybridized carbons (Fsp3) is 0.125. The predicted molar refractivity (Wildman–Crippen MR) is 131 cm³/mol. The van der Waals surface area contributed by atoms with Crippen LogP contribution in [0, 0.1) is 0 Å². The molecular formula is C24H19N11. The maximum Gasteiger partial charge on any atom is 0.159 e. The van der Waals surface area contributed by atoms with Crippen LogP contribution in [-0.4, -0.2) is 64.2 Å². The fourth-order valence-corrected chi connectivity index (χ4v) is 4.36. The molecule has 0 radical (unpaired) electrons. The third-order valence-electron chi connectivity index (χ3n) is 6.18. The second-order valence-electron chi connectivity index (χ2n) is 8.52. The number of nitrogens with zero attached hydrogens (tertiary/aromatic N) is 8. The molecule has 170 valence electrons. The zero-order chi connectivity index (χ0) is 23.4. The first-order valence-corrected chi connectivity index (χ1v) is 11.1. The molecule has 0 aliphatic carbocycles. The van der Waals surface area contributed by atoms with Gasteiger partial charge in [0.15, 0.2) is 5.82 Å². The lowest BCUT2D eigenvalue weighted by molar-refractivity contribution is 0.514. The van der Waals surface area contributed by atoms with Crippen LogP contribution in [0.3, 0.4) is 0 Å². The van der Waals surface area contributed by atoms with Gasteiger partial charge in [-0.15, -0.1) is 0 Å². The van der Waals surface area contributed by atoms with Gasteiger partial charge in [-0.05, 0) is 23.8 Å². The van der Waals surface area contributed by atoms with Crippen LogP contribution in [0.25, 0.3) is 56.0 Å². The Morgan fingerprint density at radius 3 is 2.60 bits per heavy atom. The van der Waals surface area contributed by atoms with Crippen LogP contribution in [-0.2, 0) is 0 Å². The third-order valence-corrected chi connectivity index (χ3v) is 6.18. The third kappa shape index (κ3) is 3.28. The molecular weight excluding hydrogens is 442 g/mol. The van der Waals surface area contributed by atoms with Gasteiger partial charge in [-0.25, -0.2) is 9.97 Å². The first-order valence-electron chi connectivity index (χ1n) is 11.1. The normalized spacial score (nSPS) is 14.0. The molecule has 6 aromatic heterocycles. The van der Waals surface area contributed by atoms with Gasteiger partial charge in [0, 0.05) is 48.7 Å². The van der Waals surface area contributed by atoms with Crippen molar-refractivity contribution in [1.82, 2.24) is 45.1 Å². The molecule has 0 amide bonds. The zero-order valence-corrected chi connectivity index (χ0v) is 18.4. The van der Waals surface area contributed by atoms with Crippen molar-refractivity contribution in [2.45, 2.75) is 6.04 Å². The van der Waals surface area contributed by atoms with Crippen LogP contribution in [0.4, 0.5) is 5.82 Å². The number of rotatable bonds is 4. The Morgan fingerprint density at radius 1 is 0.886 bits per heavy atom. The Labute approximate surface area is 198 Å². The Balaban J connectivity index is 1.31. The number of anilines is 1. The number of aromatic nitrogens is 9. The molecule has 1 aliphatic heterocycles. The molecule has 6 aromatic rings. The van der Waals surface area contributed by atoms with E-state index in [4.69, 9.17) is 15.7 Å². The Bertz CT molecular complexity index is 1680. The highest BCUT2D eigenvalue weighted by Gasteiger charge is 2.25. The standard InChI is InChI=1S/C24H19N11/c25-14-11-35(12-14)21-10-28-7-19(30-21)17-5-15-18(9-29-17)33-34-23(15)24-31-20-8-27-6-16(22(20)32-24)13-1-3-26-4-2-13/h1-10,14H,11-12,25H2,(H,31,32)(H,33,34). The van der Waals surface area contributed by atoms with Crippen LogP contribution in [0.1, 0.15) is 0 Å². The Kier molecular flexibility index (Phi) is 4.29. The van der Waals surface area contributed by atoms with E-state index in [2.05, 4.69) is 40.0 Å². The summed E-state index contributed by atoms with van der Waals surface area (Å²) in [4.78, 5) is 32.5. The first kappa shape index (κ1) is 19.7. The topological polar surface area (TPSA) is 151 Å². The van der Waals surface area contributed by atoms with Crippen LogP contribution >= 0.6 is 0 Å². The zero-order valence-electron chi connectivity index (χ0n) is 18.4. The number of pyridine rings is 3. The van der Waals surface area contributed by atoms with Gasteiger partial charge >= 0.3 is 0 Å². The van der Waals surface area contributed by atoms with Crippen molar-refractivity contribution in [3.05, 3.63) is 61.6 Å². The quantitative estimate of drug-likeness (QED) is 0.360. The van der Waals surface area contributed by atoms with E-state index < -0.39 is 0 Å². The largest absolute Gasteiger partial charge is 0.352 e. The lowest BCUT2D eigenvalue weighted by Crippen LogP contribution is -2.56. The maximum atomic E-state index is 5.92. The Morgan fingerprint density at radius 2 is 1.74 bits per heavy atom. The van der Waals surface area contributed by atoms with Gasteiger partial charge in [0.1, 0.15) is 17.2 Å². The van der Waals surface area contributed by atoms with Gasteiger partial charge in [0.05, 0.1) is 47.0 Å². The molecule has 7 heterocycles. The summed E-state index contributed by atoms with van der Waals surface area (Å²) in [6.45, 7) is 1.55. The van der Waals surface area contributed by atoms with Crippen LogP contribution in [0.2, 0.25) is 0 Å². The number of nitrogens with one attached hydrogen (secondary N) is 2. The van der Waals surface area contributed by atoms with E-state index in [-0.39, 0.29) is 6.04 Å². The molecule has 0 atom stereocenters. The molecule has 1 saturated heterocycles. The predicted octanol–water partition coefficient (Wildman–Crippen LogP) is 2.56. The number of nitrogens with two attached hydrogens (primary N) is 1. The van der Waals surface area contributed by atoms with E-state index in [1.54, 1.807) is 37.2 Å². The second-order valence-corrected chi connectivity index (χ2v) is 8.52. The number of hydrogen-bond acceptors (Lipinski definition) is 9. The summed E-state index contributed by atoms with van der Waals surface area (Å²) < 4.78 is 0. The summed E-state index contributed by atoms with van der Waals surface area (Å²) in [7, 11) is 0. The summed E-state index contributed by atoms with van der Waals surface area (Å²) in [6.07, 6.45) is 12.3. The van der Waals surface area contributed by atoms with E-state index in [0.717, 1.165) is 52.0 Å². The maximum absolute atomic E-state index is 5.92. The van der Waals surface area contributed by atoms with Crippen molar-refractivity contribution in [2.75, 3.05) is 18.0 Å². The van der Waals surface area contributed by atoms with Gasteiger partial charge in [-0.2, -0.15) is 5.10 Å². The molecule has 7 rings (SSSR count). The van der Waals surface area contributed by atoms with Crippen LogP contribution in [0.15, 0.2) is 61.6 Å². The monoisotopic (exact) mass is 461 g/mol. The van der Waals surface area contributed by atoms with Crippen molar-refractivity contribution in [3.8, 4) is 34.0 Å². The molecule has 0 unspecified atom stereocenters. The van der Waals surface area contributed by atoms with E-state index >= 15 is 0 Å². The van der Waals surface area contributed by atoms with Gasteiger partial charge in [-0.3, -0.25) is 25.0 Å². The SMILES string of the molecule is NC1CN(c2cncc(-c3cc4c(-c5nc6c(-c7ccncc7)cncc6[nH]5)n[nH]c4cn3)n2)C1. The second kappa shape index (κ2) is 7.64. The van der Waals surface area contributed by atoms with Crippen molar-refractivity contribution >= 4 is 27.8 Å². The van der Waals surface area contributed by atoms with Crippen molar-refractivity contribution < 1.29 is 0 Å². The molecule has 0 saturated carbocycles. The molecule has 35 heavy (non-hydrogen) atoms. The molecule has 0 spiro atoms. The molecule has 11 heteroatoms. The van der Waals surface area contributed by atoms with E-state index in [1.165, 1.54) is 0 Å². The van der Waals surface area contributed by atoms with Crippen LogP contribution in [0.5, 0.6) is 0 Å². The van der Waals surface area contributed by atoms with E-state index in [0.29, 0.717) is 22.9 Å². The van der Waals surface area contributed by atoms with Gasteiger partial charge in [0.25, 0.3) is 0 Å². The van der Waals surface area contributed by atoms with E-state index in [1.807, 2.05) is 24.4 Å². The van der Waals surface area contributed by atoms with E-state index in [9.17, 15) is 0 Å². The average molecular weight is 461 g/mol. The summed E-state index contributed by atoms with van der Waals surface area (Å²) in [5.41, 5.74) is 12.4. The minimum Gasteiger partial charge on any atom is -0.352 e. The van der Waals surface area contributed by atoms with Crippen molar-refractivity contribution in [2.24, 2.45) is 5.73 Å². The average Bonchev–Trinajstić information content (AvgIpc) is 3.51. The summed E-state index contributed by atoms with van der Waals surface area (Å²) in [5.74, 6) is 1.44. The Hall–Kier alpha value is -4.77. The van der Waals surface area contributed by atoms with Crippen molar-refractivity contribution in [1.29, 1.82) is 0 Å². The molecule has 0 bridgehead atoms. The molecule has 1 fully saturated rings. The summed E-state index contributed by atoms with van der Waals surface area (Å²) >= 11 is 0. The fourth-order valence-electron chi connectivity index (χ4n) is 4.36. The number of hydrogen-bond donors (Lipinski definition) is 3. The summed E-state index contributed by atoms with van der Waals surface area (Å²) in [6, 6.07) is 6.02. The number of aromatic amines is 2. The molecule has 1 aliphatic rings. The van der Waals surface area contributed by atoms with Gasteiger partial charge < -0.3 is 15.6 Å². The van der Waals surface area contributed by atoms with Crippen LogP contribution < -0.4 is 10.6 Å².